The smallest absolute Gasteiger partial charge is 0.258 e. The molecule has 164 valence electrons. The van der Waals surface area contributed by atoms with Crippen molar-refractivity contribution in [2.75, 3.05) is 11.9 Å². The van der Waals surface area contributed by atoms with Crippen LogP contribution in [0, 0.1) is 18.7 Å². The van der Waals surface area contributed by atoms with Gasteiger partial charge in [0.25, 0.3) is 11.8 Å². The zero-order valence-electron chi connectivity index (χ0n) is 17.7. The molecule has 0 saturated heterocycles. The lowest BCUT2D eigenvalue weighted by Crippen LogP contribution is -2.25. The van der Waals surface area contributed by atoms with E-state index in [9.17, 15) is 14.0 Å². The minimum absolute atomic E-state index is 0.0855. The fourth-order valence-corrected chi connectivity index (χ4v) is 3.25. The van der Waals surface area contributed by atoms with Crippen LogP contribution in [0.15, 0.2) is 60.8 Å². The second-order valence-corrected chi connectivity index (χ2v) is 7.87. The number of benzene rings is 2. The lowest BCUT2D eigenvalue weighted by Gasteiger charge is -2.14. The van der Waals surface area contributed by atoms with Crippen LogP contribution in [0.25, 0.3) is 0 Å². The number of nitrogens with zero attached hydrogens (tertiary/aromatic N) is 1. The zero-order valence-corrected chi connectivity index (χ0v) is 17.7. The van der Waals surface area contributed by atoms with E-state index >= 15 is 0 Å². The maximum Gasteiger partial charge on any atom is 0.258 e. The fourth-order valence-electron chi connectivity index (χ4n) is 3.25. The van der Waals surface area contributed by atoms with Gasteiger partial charge in [-0.15, -0.1) is 0 Å². The molecule has 1 saturated carbocycles. The number of pyridine rings is 1. The van der Waals surface area contributed by atoms with E-state index in [2.05, 4.69) is 15.6 Å². The highest BCUT2D eigenvalue weighted by Gasteiger charge is 2.22. The summed E-state index contributed by atoms with van der Waals surface area (Å²) in [4.78, 5) is 29.7. The highest BCUT2D eigenvalue weighted by molar-refractivity contribution is 6.09. The number of amides is 2. The predicted molar refractivity (Wildman–Crippen MR) is 119 cm³/mol. The molecule has 0 atom stereocenters. The standard InChI is InChI=1S/C25H24FN3O3/c1-16-5-4-7-20(23(16)29-25(31)19-6-2-3-8-21(19)26)24(30)28-14-18-11-12-27-22(13-18)32-15-17-9-10-17/h2-8,11-13,17H,9-10,14-15H2,1H3,(H,28,30)(H,29,31). The quantitative estimate of drug-likeness (QED) is 0.548. The summed E-state index contributed by atoms with van der Waals surface area (Å²) in [5, 5.41) is 5.55. The number of para-hydroxylation sites is 1. The molecule has 0 bridgehead atoms. The lowest BCUT2D eigenvalue weighted by atomic mass is 10.1. The van der Waals surface area contributed by atoms with E-state index in [0.29, 0.717) is 35.2 Å². The van der Waals surface area contributed by atoms with E-state index in [4.69, 9.17) is 4.74 Å². The Hall–Kier alpha value is -3.74. The van der Waals surface area contributed by atoms with Crippen molar-refractivity contribution in [2.45, 2.75) is 26.3 Å². The maximum atomic E-state index is 14.0. The van der Waals surface area contributed by atoms with Gasteiger partial charge in [-0.25, -0.2) is 9.37 Å². The summed E-state index contributed by atoms with van der Waals surface area (Å²) in [5.41, 5.74) is 2.11. The average molecular weight is 433 g/mol. The molecule has 2 aromatic carbocycles. The molecule has 6 nitrogen and oxygen atoms in total. The fraction of sp³-hybridized carbons (Fsp3) is 0.240. The van der Waals surface area contributed by atoms with Gasteiger partial charge in [-0.3, -0.25) is 9.59 Å². The summed E-state index contributed by atoms with van der Waals surface area (Å²) in [7, 11) is 0. The second kappa shape index (κ2) is 9.60. The van der Waals surface area contributed by atoms with Gasteiger partial charge < -0.3 is 15.4 Å². The highest BCUT2D eigenvalue weighted by atomic mass is 19.1. The number of halogens is 1. The van der Waals surface area contributed by atoms with Crippen molar-refractivity contribution >= 4 is 17.5 Å². The Labute approximate surface area is 185 Å². The van der Waals surface area contributed by atoms with Gasteiger partial charge in [0.2, 0.25) is 5.88 Å². The van der Waals surface area contributed by atoms with Gasteiger partial charge in [-0.1, -0.05) is 24.3 Å². The summed E-state index contributed by atoms with van der Waals surface area (Å²) in [6.07, 6.45) is 4.04. The van der Waals surface area contributed by atoms with Crippen molar-refractivity contribution in [2.24, 2.45) is 5.92 Å². The molecule has 2 amide bonds. The Morgan fingerprint density at radius 2 is 1.84 bits per heavy atom. The van der Waals surface area contributed by atoms with Crippen LogP contribution in [0.5, 0.6) is 5.88 Å². The molecule has 1 aliphatic rings. The number of aryl methyl sites for hydroxylation is 1. The van der Waals surface area contributed by atoms with Gasteiger partial charge in [0.05, 0.1) is 23.4 Å². The number of hydrogen-bond donors (Lipinski definition) is 2. The van der Waals surface area contributed by atoms with Crippen molar-refractivity contribution in [3.63, 3.8) is 0 Å². The van der Waals surface area contributed by atoms with Crippen molar-refractivity contribution < 1.29 is 18.7 Å². The number of anilines is 1. The van der Waals surface area contributed by atoms with Crippen molar-refractivity contribution in [1.29, 1.82) is 0 Å². The number of rotatable bonds is 8. The van der Waals surface area contributed by atoms with Gasteiger partial charge >= 0.3 is 0 Å². The molecule has 2 N–H and O–H groups in total. The van der Waals surface area contributed by atoms with Crippen LogP contribution >= 0.6 is 0 Å². The van der Waals surface area contributed by atoms with E-state index in [0.717, 1.165) is 5.56 Å². The molecule has 0 spiro atoms. The van der Waals surface area contributed by atoms with E-state index in [1.807, 2.05) is 0 Å². The van der Waals surface area contributed by atoms with E-state index in [1.165, 1.54) is 31.0 Å². The molecule has 1 aromatic heterocycles. The molecule has 1 fully saturated rings. The third-order valence-electron chi connectivity index (χ3n) is 5.29. The predicted octanol–water partition coefficient (Wildman–Crippen LogP) is 4.50. The summed E-state index contributed by atoms with van der Waals surface area (Å²) >= 11 is 0. The van der Waals surface area contributed by atoms with E-state index in [1.54, 1.807) is 49.5 Å². The largest absolute Gasteiger partial charge is 0.477 e. The first-order valence-electron chi connectivity index (χ1n) is 10.5. The van der Waals surface area contributed by atoms with Gasteiger partial charge in [-0.05, 0) is 61.1 Å². The summed E-state index contributed by atoms with van der Waals surface area (Å²) in [6, 6.07) is 14.5. The summed E-state index contributed by atoms with van der Waals surface area (Å²) in [6.45, 7) is 2.72. The van der Waals surface area contributed by atoms with Gasteiger partial charge in [0.1, 0.15) is 5.82 Å². The Morgan fingerprint density at radius 1 is 1.06 bits per heavy atom. The van der Waals surface area contributed by atoms with Crippen LogP contribution in [0.3, 0.4) is 0 Å². The van der Waals surface area contributed by atoms with Crippen molar-refractivity contribution in [3.8, 4) is 5.88 Å². The number of ether oxygens (including phenoxy) is 1. The topological polar surface area (TPSA) is 80.3 Å². The molecule has 32 heavy (non-hydrogen) atoms. The zero-order chi connectivity index (χ0) is 22.5. The van der Waals surface area contributed by atoms with Crippen LogP contribution in [0.1, 0.15) is 44.7 Å². The Morgan fingerprint density at radius 3 is 2.62 bits per heavy atom. The van der Waals surface area contributed by atoms with Crippen LogP contribution in [-0.2, 0) is 6.54 Å². The monoisotopic (exact) mass is 433 g/mol. The number of aromatic nitrogens is 1. The first-order valence-corrected chi connectivity index (χ1v) is 10.5. The number of nitrogens with one attached hydrogen (secondary N) is 2. The maximum absolute atomic E-state index is 14.0. The van der Waals surface area contributed by atoms with Crippen LogP contribution in [-0.4, -0.2) is 23.4 Å². The molecule has 4 rings (SSSR count). The average Bonchev–Trinajstić information content (AvgIpc) is 3.62. The SMILES string of the molecule is Cc1cccc(C(=O)NCc2ccnc(OCC3CC3)c2)c1NC(=O)c1ccccc1F. The molecule has 7 heteroatoms. The lowest BCUT2D eigenvalue weighted by molar-refractivity contribution is 0.0951. The number of hydrogen-bond acceptors (Lipinski definition) is 4. The molecule has 0 radical (unpaired) electrons. The first kappa shape index (κ1) is 21.5. The van der Waals surface area contributed by atoms with E-state index in [-0.39, 0.29) is 18.0 Å². The van der Waals surface area contributed by atoms with Gasteiger partial charge in [0.15, 0.2) is 0 Å². The molecular formula is C25H24FN3O3. The first-order chi connectivity index (χ1) is 15.5. The van der Waals surface area contributed by atoms with Crippen molar-refractivity contribution in [1.82, 2.24) is 10.3 Å². The molecule has 3 aromatic rings. The van der Waals surface area contributed by atoms with Crippen LogP contribution < -0.4 is 15.4 Å². The minimum Gasteiger partial charge on any atom is -0.477 e. The van der Waals surface area contributed by atoms with E-state index < -0.39 is 11.7 Å². The van der Waals surface area contributed by atoms with Crippen LogP contribution in [0.2, 0.25) is 0 Å². The molecule has 0 unspecified atom stereocenters. The van der Waals surface area contributed by atoms with Gasteiger partial charge in [-0.2, -0.15) is 0 Å². The van der Waals surface area contributed by atoms with Crippen LogP contribution in [0.4, 0.5) is 10.1 Å². The third-order valence-corrected chi connectivity index (χ3v) is 5.29. The minimum atomic E-state index is -0.623. The summed E-state index contributed by atoms with van der Waals surface area (Å²) in [5.74, 6) is -0.425. The molecule has 1 aliphatic carbocycles. The normalized spacial score (nSPS) is 12.8. The number of carbonyl (C=O) groups is 2. The third kappa shape index (κ3) is 5.29. The summed E-state index contributed by atoms with van der Waals surface area (Å²) < 4.78 is 19.7. The Balaban J connectivity index is 1.45. The Kier molecular flexibility index (Phi) is 6.44. The molecule has 1 heterocycles. The molecule has 0 aliphatic heterocycles. The Bertz CT molecular complexity index is 1140. The van der Waals surface area contributed by atoms with Crippen molar-refractivity contribution in [3.05, 3.63) is 88.9 Å². The molecular weight excluding hydrogens is 409 g/mol. The van der Waals surface area contributed by atoms with Gasteiger partial charge in [0, 0.05) is 18.8 Å². The number of carbonyl (C=O) groups excluding carboxylic acids is 2. The highest BCUT2D eigenvalue weighted by Crippen LogP contribution is 2.29. The second-order valence-electron chi connectivity index (χ2n) is 7.87.